The van der Waals surface area contributed by atoms with Crippen molar-refractivity contribution in [1.82, 2.24) is 24.8 Å². The summed E-state index contributed by atoms with van der Waals surface area (Å²) >= 11 is 0. The molecule has 0 spiro atoms. The Morgan fingerprint density at radius 2 is 1.89 bits per heavy atom. The SMILES string of the molecule is CC(C)CC(=O)N1CCCC1c1nc2c(ccc3cc(C#Cc4ccc(-c5cnc[nH]5)cc4)ccc32)[nH]1. The number of rotatable bonds is 4. The van der Waals surface area contributed by atoms with Gasteiger partial charge in [-0.25, -0.2) is 9.97 Å². The number of carbonyl (C=O) groups is 1. The van der Waals surface area contributed by atoms with Gasteiger partial charge in [-0.05, 0) is 60.0 Å². The average Bonchev–Trinajstić information content (AvgIpc) is 3.67. The van der Waals surface area contributed by atoms with Crippen molar-refractivity contribution in [2.45, 2.75) is 39.2 Å². The molecule has 1 aliphatic rings. The van der Waals surface area contributed by atoms with Gasteiger partial charge in [0.2, 0.25) is 5.91 Å². The minimum Gasteiger partial charge on any atom is -0.345 e. The predicted octanol–water partition coefficient (Wildman–Crippen LogP) is 6.22. The van der Waals surface area contributed by atoms with Gasteiger partial charge >= 0.3 is 0 Å². The number of imidazole rings is 2. The van der Waals surface area contributed by atoms with Crippen LogP contribution in [0.5, 0.6) is 0 Å². The lowest BCUT2D eigenvalue weighted by Crippen LogP contribution is -2.31. The molecule has 1 saturated heterocycles. The van der Waals surface area contributed by atoms with Gasteiger partial charge in [-0.1, -0.05) is 50.0 Å². The Labute approximate surface area is 216 Å². The summed E-state index contributed by atoms with van der Waals surface area (Å²) in [4.78, 5) is 30.5. The van der Waals surface area contributed by atoms with E-state index < -0.39 is 0 Å². The number of H-pyrrole nitrogens is 2. The number of likely N-dealkylation sites (tertiary alicyclic amines) is 1. The van der Waals surface area contributed by atoms with Gasteiger partial charge in [0.05, 0.1) is 35.3 Å². The molecule has 1 aliphatic heterocycles. The zero-order valence-corrected chi connectivity index (χ0v) is 21.1. The molecule has 0 saturated carbocycles. The van der Waals surface area contributed by atoms with Crippen molar-refractivity contribution in [3.05, 3.63) is 84.1 Å². The zero-order valence-electron chi connectivity index (χ0n) is 21.1. The summed E-state index contributed by atoms with van der Waals surface area (Å²) in [5, 5.41) is 2.19. The van der Waals surface area contributed by atoms with Crippen molar-refractivity contribution >= 4 is 27.7 Å². The minimum atomic E-state index is 0.0264. The standard InChI is InChI=1S/C31H29N5O/c1-20(2)16-29(37)36-15-3-4-28(36)31-34-26-14-12-24-17-22(9-13-25(24)30(26)35-31)6-5-21-7-10-23(11-8-21)27-18-32-19-33-27/h7-14,17-20,28H,3-4,15-16H2,1-2H3,(H,32,33)(H,34,35). The van der Waals surface area contributed by atoms with Crippen LogP contribution in [0.15, 0.2) is 67.1 Å². The van der Waals surface area contributed by atoms with E-state index in [1.165, 1.54) is 0 Å². The largest absolute Gasteiger partial charge is 0.345 e. The summed E-state index contributed by atoms with van der Waals surface area (Å²) in [7, 11) is 0. The van der Waals surface area contributed by atoms with Crippen LogP contribution in [-0.4, -0.2) is 37.3 Å². The van der Waals surface area contributed by atoms with Crippen LogP contribution < -0.4 is 0 Å². The van der Waals surface area contributed by atoms with Crippen LogP contribution in [0.1, 0.15) is 56.1 Å². The third-order valence-electron chi connectivity index (χ3n) is 7.00. The molecule has 0 aliphatic carbocycles. The molecule has 3 aromatic carbocycles. The van der Waals surface area contributed by atoms with E-state index in [2.05, 4.69) is 71.0 Å². The van der Waals surface area contributed by atoms with Crippen LogP contribution >= 0.6 is 0 Å². The molecule has 2 aromatic heterocycles. The van der Waals surface area contributed by atoms with Crippen molar-refractivity contribution in [2.24, 2.45) is 5.92 Å². The molecule has 6 rings (SSSR count). The summed E-state index contributed by atoms with van der Waals surface area (Å²) < 4.78 is 0. The van der Waals surface area contributed by atoms with Gasteiger partial charge < -0.3 is 14.9 Å². The second kappa shape index (κ2) is 9.59. The topological polar surface area (TPSA) is 77.7 Å². The molecule has 3 heterocycles. The van der Waals surface area contributed by atoms with Gasteiger partial charge in [0.1, 0.15) is 5.82 Å². The summed E-state index contributed by atoms with van der Waals surface area (Å²) in [6.45, 7) is 4.99. The fourth-order valence-corrected chi connectivity index (χ4v) is 5.16. The van der Waals surface area contributed by atoms with Crippen molar-refractivity contribution in [3.8, 4) is 23.1 Å². The lowest BCUT2D eigenvalue weighted by molar-refractivity contribution is -0.133. The highest BCUT2D eigenvalue weighted by Gasteiger charge is 2.32. The second-order valence-corrected chi connectivity index (χ2v) is 10.2. The van der Waals surface area contributed by atoms with Gasteiger partial charge in [-0.15, -0.1) is 0 Å². The molecular formula is C31H29N5O. The predicted molar refractivity (Wildman–Crippen MR) is 147 cm³/mol. The van der Waals surface area contributed by atoms with E-state index >= 15 is 0 Å². The van der Waals surface area contributed by atoms with E-state index in [4.69, 9.17) is 4.98 Å². The van der Waals surface area contributed by atoms with E-state index in [0.717, 1.165) is 69.4 Å². The van der Waals surface area contributed by atoms with Crippen LogP contribution in [0.4, 0.5) is 0 Å². The second-order valence-electron chi connectivity index (χ2n) is 10.2. The van der Waals surface area contributed by atoms with Crippen molar-refractivity contribution in [3.63, 3.8) is 0 Å². The maximum Gasteiger partial charge on any atom is 0.223 e. The van der Waals surface area contributed by atoms with Crippen molar-refractivity contribution in [1.29, 1.82) is 0 Å². The van der Waals surface area contributed by atoms with Crippen LogP contribution in [0.2, 0.25) is 0 Å². The van der Waals surface area contributed by atoms with E-state index in [1.807, 2.05) is 35.4 Å². The number of nitrogens with one attached hydrogen (secondary N) is 2. The zero-order chi connectivity index (χ0) is 25.4. The first-order valence-electron chi connectivity index (χ1n) is 12.9. The summed E-state index contributed by atoms with van der Waals surface area (Å²) in [6.07, 6.45) is 6.03. The molecule has 1 unspecified atom stereocenters. The van der Waals surface area contributed by atoms with Gasteiger partial charge in [0.25, 0.3) is 0 Å². The first kappa shape index (κ1) is 23.1. The van der Waals surface area contributed by atoms with E-state index in [-0.39, 0.29) is 11.9 Å². The molecule has 1 fully saturated rings. The lowest BCUT2D eigenvalue weighted by Gasteiger charge is -2.24. The Morgan fingerprint density at radius 3 is 2.68 bits per heavy atom. The van der Waals surface area contributed by atoms with Gasteiger partial charge in [-0.3, -0.25) is 4.79 Å². The number of hydrogen-bond donors (Lipinski definition) is 2. The quantitative estimate of drug-likeness (QED) is 0.296. The number of amides is 1. The molecule has 2 N–H and O–H groups in total. The minimum absolute atomic E-state index is 0.0264. The molecule has 0 radical (unpaired) electrons. The lowest BCUT2D eigenvalue weighted by atomic mass is 10.1. The van der Waals surface area contributed by atoms with Crippen LogP contribution in [-0.2, 0) is 4.79 Å². The Morgan fingerprint density at radius 1 is 1.08 bits per heavy atom. The normalized spacial score (nSPS) is 15.4. The molecule has 1 atom stereocenters. The number of benzene rings is 3. The van der Waals surface area contributed by atoms with Crippen LogP contribution in [0.3, 0.4) is 0 Å². The molecule has 37 heavy (non-hydrogen) atoms. The maximum atomic E-state index is 12.8. The van der Waals surface area contributed by atoms with Gasteiger partial charge in [-0.2, -0.15) is 0 Å². The number of aromatic nitrogens is 4. The highest BCUT2D eigenvalue weighted by Crippen LogP contribution is 2.34. The Hall–Kier alpha value is -4.37. The highest BCUT2D eigenvalue weighted by atomic mass is 16.2. The maximum absolute atomic E-state index is 12.8. The van der Waals surface area contributed by atoms with Crippen molar-refractivity contribution in [2.75, 3.05) is 6.54 Å². The molecule has 6 nitrogen and oxygen atoms in total. The average molecular weight is 488 g/mol. The van der Waals surface area contributed by atoms with Crippen LogP contribution in [0.25, 0.3) is 33.1 Å². The first-order valence-corrected chi connectivity index (χ1v) is 12.9. The number of carbonyl (C=O) groups excluding carboxylic acids is 1. The third kappa shape index (κ3) is 4.61. The Kier molecular flexibility index (Phi) is 5.97. The van der Waals surface area contributed by atoms with Crippen LogP contribution in [0, 0.1) is 17.8 Å². The Balaban J connectivity index is 1.26. The van der Waals surface area contributed by atoms with Gasteiger partial charge in [0.15, 0.2) is 0 Å². The number of aromatic amines is 2. The summed E-state index contributed by atoms with van der Waals surface area (Å²) in [5.41, 5.74) is 5.95. The smallest absolute Gasteiger partial charge is 0.223 e. The first-order chi connectivity index (χ1) is 18.0. The molecule has 184 valence electrons. The fraction of sp³-hybridized carbons (Fsp3) is 0.258. The number of hydrogen-bond acceptors (Lipinski definition) is 3. The Bertz CT molecular complexity index is 1630. The van der Waals surface area contributed by atoms with E-state index in [0.29, 0.717) is 12.3 Å². The van der Waals surface area contributed by atoms with Gasteiger partial charge in [0, 0.05) is 29.5 Å². The van der Waals surface area contributed by atoms with E-state index in [1.54, 1.807) is 6.33 Å². The molecule has 1 amide bonds. The molecule has 5 aromatic rings. The summed E-state index contributed by atoms with van der Waals surface area (Å²) in [6, 6.07) is 18.6. The highest BCUT2D eigenvalue weighted by molar-refractivity contribution is 6.04. The molecule has 6 heteroatoms. The monoisotopic (exact) mass is 487 g/mol. The summed E-state index contributed by atoms with van der Waals surface area (Å²) in [5.74, 6) is 8.03. The third-order valence-corrected chi connectivity index (χ3v) is 7.00. The number of nitrogens with zero attached hydrogens (tertiary/aromatic N) is 3. The number of fused-ring (bicyclic) bond motifs is 3. The van der Waals surface area contributed by atoms with E-state index in [9.17, 15) is 4.79 Å². The molecule has 0 bridgehead atoms. The van der Waals surface area contributed by atoms with Crippen molar-refractivity contribution < 1.29 is 4.79 Å². The molecular weight excluding hydrogens is 458 g/mol. The fourth-order valence-electron chi connectivity index (χ4n) is 5.16.